The Morgan fingerprint density at radius 2 is 1.76 bits per heavy atom. The Kier molecular flexibility index (Phi) is 5.00. The van der Waals surface area contributed by atoms with Crippen molar-refractivity contribution in [1.29, 1.82) is 0 Å². The largest absolute Gasteiger partial charge is 0.481 e. The van der Waals surface area contributed by atoms with E-state index < -0.39 is 23.7 Å². The van der Waals surface area contributed by atoms with Crippen molar-refractivity contribution in [1.82, 2.24) is 0 Å². The number of aliphatic carboxylic acids is 1. The van der Waals surface area contributed by atoms with Crippen LogP contribution >= 0.6 is 11.3 Å². The quantitative estimate of drug-likeness (QED) is 0.693. The fourth-order valence-electron chi connectivity index (χ4n) is 5.89. The Hall–Kier alpha value is -1.89. The third-order valence-corrected chi connectivity index (χ3v) is 8.65. The molecule has 2 saturated carbocycles. The third-order valence-electron chi connectivity index (χ3n) is 7.48. The number of hydrogen-bond donors (Lipinski definition) is 3. The van der Waals surface area contributed by atoms with Gasteiger partial charge in [-0.25, -0.2) is 0 Å². The fraction of sp³-hybridized carbons (Fsp3) is 0.682. The zero-order valence-corrected chi connectivity index (χ0v) is 18.1. The molecule has 3 aliphatic rings. The summed E-state index contributed by atoms with van der Waals surface area (Å²) in [7, 11) is 0. The van der Waals surface area contributed by atoms with E-state index in [1.165, 1.54) is 11.3 Å². The molecule has 4 N–H and O–H groups in total. The summed E-state index contributed by atoms with van der Waals surface area (Å²) in [6.45, 7) is 6.69. The van der Waals surface area contributed by atoms with Gasteiger partial charge in [0, 0.05) is 4.88 Å². The minimum absolute atomic E-state index is 0.0907. The van der Waals surface area contributed by atoms with Gasteiger partial charge in [0.2, 0.25) is 5.91 Å². The number of amides is 2. The average molecular weight is 419 g/mol. The topological polar surface area (TPSA) is 109 Å². The molecule has 29 heavy (non-hydrogen) atoms. The predicted molar refractivity (Wildman–Crippen MR) is 112 cm³/mol. The van der Waals surface area contributed by atoms with Crippen molar-refractivity contribution < 1.29 is 19.5 Å². The molecule has 7 heteroatoms. The molecule has 0 unspecified atom stereocenters. The molecule has 0 radical (unpaired) electrons. The van der Waals surface area contributed by atoms with Crippen molar-refractivity contribution in [2.45, 2.75) is 59.3 Å². The number of carbonyl (C=O) groups is 3. The van der Waals surface area contributed by atoms with Gasteiger partial charge >= 0.3 is 5.97 Å². The number of nitrogens with two attached hydrogens (primary N) is 1. The number of carboxylic acid groups (broad SMARTS) is 1. The van der Waals surface area contributed by atoms with Gasteiger partial charge in [0.05, 0.1) is 17.4 Å². The second-order valence-electron chi connectivity index (χ2n) is 10.1. The van der Waals surface area contributed by atoms with Crippen LogP contribution in [0, 0.1) is 35.0 Å². The van der Waals surface area contributed by atoms with Crippen molar-refractivity contribution in [2.75, 3.05) is 5.32 Å². The molecule has 6 nitrogen and oxygen atoms in total. The number of carboxylic acids is 1. The second-order valence-corrected chi connectivity index (χ2v) is 11.2. The Balaban J connectivity index is 1.61. The smallest absolute Gasteiger partial charge is 0.307 e. The van der Waals surface area contributed by atoms with Gasteiger partial charge in [-0.1, -0.05) is 20.8 Å². The lowest BCUT2D eigenvalue weighted by Crippen LogP contribution is -2.38. The van der Waals surface area contributed by atoms with E-state index in [0.717, 1.165) is 49.0 Å². The van der Waals surface area contributed by atoms with E-state index in [9.17, 15) is 19.5 Å². The van der Waals surface area contributed by atoms with Gasteiger partial charge in [0.1, 0.15) is 5.00 Å². The maximum Gasteiger partial charge on any atom is 0.307 e. The lowest BCUT2D eigenvalue weighted by atomic mass is 9.72. The molecule has 0 aliphatic heterocycles. The molecule has 5 atom stereocenters. The highest BCUT2D eigenvalue weighted by molar-refractivity contribution is 7.17. The van der Waals surface area contributed by atoms with E-state index in [2.05, 4.69) is 26.1 Å². The summed E-state index contributed by atoms with van der Waals surface area (Å²) >= 11 is 1.45. The molecule has 0 saturated heterocycles. The van der Waals surface area contributed by atoms with Gasteiger partial charge in [-0.3, -0.25) is 14.4 Å². The van der Waals surface area contributed by atoms with Crippen LogP contribution < -0.4 is 11.1 Å². The molecule has 2 fully saturated rings. The molecular weight excluding hydrogens is 388 g/mol. The van der Waals surface area contributed by atoms with Gasteiger partial charge in [-0.2, -0.15) is 0 Å². The van der Waals surface area contributed by atoms with E-state index in [4.69, 9.17) is 5.73 Å². The standard InChI is InChI=1S/C22H30N2O4S/c1-22(2,3)12-6-7-13-14(9-12)29-20(17(13)18(23)25)24-19(26)15-10-4-5-11(8-10)16(15)21(27)28/h10-12,15-16H,4-9H2,1-3H3,(H2,23,25)(H,24,26)(H,27,28)/t10-,11+,12-,15+,16+/m1/s1. The van der Waals surface area contributed by atoms with Crippen LogP contribution in [0.5, 0.6) is 0 Å². The van der Waals surface area contributed by atoms with E-state index in [1.807, 2.05) is 0 Å². The van der Waals surface area contributed by atoms with Crippen molar-refractivity contribution in [2.24, 2.45) is 40.7 Å². The Labute approximate surface area is 175 Å². The first kappa shape index (κ1) is 20.4. The first-order valence-corrected chi connectivity index (χ1v) is 11.4. The predicted octanol–water partition coefficient (Wildman–Crippen LogP) is 3.68. The third kappa shape index (κ3) is 3.47. The highest BCUT2D eigenvalue weighted by atomic mass is 32.1. The Morgan fingerprint density at radius 3 is 2.34 bits per heavy atom. The van der Waals surface area contributed by atoms with E-state index >= 15 is 0 Å². The zero-order chi connectivity index (χ0) is 21.1. The molecule has 158 valence electrons. The van der Waals surface area contributed by atoms with Gasteiger partial charge in [0.15, 0.2) is 0 Å². The molecule has 4 rings (SSSR count). The summed E-state index contributed by atoms with van der Waals surface area (Å²) in [5.74, 6) is -2.08. The summed E-state index contributed by atoms with van der Waals surface area (Å²) in [6, 6.07) is 0. The monoisotopic (exact) mass is 418 g/mol. The van der Waals surface area contributed by atoms with E-state index in [0.29, 0.717) is 16.5 Å². The van der Waals surface area contributed by atoms with Gasteiger partial charge < -0.3 is 16.2 Å². The summed E-state index contributed by atoms with van der Waals surface area (Å²) in [5.41, 5.74) is 7.27. The summed E-state index contributed by atoms with van der Waals surface area (Å²) in [5, 5.41) is 13.1. The molecule has 2 bridgehead atoms. The Morgan fingerprint density at radius 1 is 1.10 bits per heavy atom. The van der Waals surface area contributed by atoms with Crippen LogP contribution in [0.4, 0.5) is 5.00 Å². The number of carbonyl (C=O) groups excluding carboxylic acids is 2. The lowest BCUT2D eigenvalue weighted by molar-refractivity contribution is -0.148. The first-order valence-electron chi connectivity index (χ1n) is 10.6. The number of hydrogen-bond acceptors (Lipinski definition) is 4. The minimum atomic E-state index is -0.883. The molecule has 0 spiro atoms. The number of anilines is 1. The summed E-state index contributed by atoms with van der Waals surface area (Å²) < 4.78 is 0. The highest BCUT2D eigenvalue weighted by Gasteiger charge is 2.54. The summed E-state index contributed by atoms with van der Waals surface area (Å²) in [4.78, 5) is 38.2. The normalized spacial score (nSPS) is 30.8. The molecule has 1 aromatic rings. The fourth-order valence-corrected chi connectivity index (χ4v) is 7.23. The Bertz CT molecular complexity index is 869. The van der Waals surface area contributed by atoms with Gasteiger partial charge in [0.25, 0.3) is 5.91 Å². The average Bonchev–Trinajstić information content (AvgIpc) is 3.31. The van der Waals surface area contributed by atoms with Crippen LogP contribution in [0.1, 0.15) is 67.3 Å². The van der Waals surface area contributed by atoms with Gasteiger partial charge in [-0.05, 0) is 67.3 Å². The van der Waals surface area contributed by atoms with Crippen LogP contribution in [-0.4, -0.2) is 22.9 Å². The number of thiophene rings is 1. The first-order chi connectivity index (χ1) is 13.6. The maximum atomic E-state index is 13.1. The summed E-state index contributed by atoms with van der Waals surface area (Å²) in [6.07, 6.45) is 5.27. The van der Waals surface area contributed by atoms with Gasteiger partial charge in [-0.15, -0.1) is 11.3 Å². The number of rotatable bonds is 4. The number of primary amides is 1. The van der Waals surface area contributed by atoms with Crippen LogP contribution in [0.2, 0.25) is 0 Å². The second kappa shape index (κ2) is 7.11. The van der Waals surface area contributed by atoms with Crippen LogP contribution in [0.25, 0.3) is 0 Å². The SMILES string of the molecule is CC(C)(C)[C@@H]1CCc2c(sc(NC(=O)[C@H]3[C@@H]4CC[C@@H](C4)[C@@H]3C(=O)O)c2C(N)=O)C1. The van der Waals surface area contributed by atoms with E-state index in [-0.39, 0.29) is 23.2 Å². The van der Waals surface area contributed by atoms with Crippen molar-refractivity contribution in [3.63, 3.8) is 0 Å². The zero-order valence-electron chi connectivity index (χ0n) is 17.3. The molecule has 3 aliphatic carbocycles. The highest BCUT2D eigenvalue weighted by Crippen LogP contribution is 2.53. The van der Waals surface area contributed by atoms with E-state index in [1.54, 1.807) is 0 Å². The molecular formula is C22H30N2O4S. The molecule has 1 heterocycles. The van der Waals surface area contributed by atoms with Crippen molar-refractivity contribution in [3.05, 3.63) is 16.0 Å². The molecule has 2 amide bonds. The number of fused-ring (bicyclic) bond motifs is 3. The number of nitrogens with one attached hydrogen (secondary N) is 1. The van der Waals surface area contributed by atoms with Crippen molar-refractivity contribution >= 4 is 34.1 Å². The molecule has 1 aromatic heterocycles. The lowest BCUT2D eigenvalue weighted by Gasteiger charge is -2.33. The van der Waals surface area contributed by atoms with Crippen LogP contribution in [-0.2, 0) is 22.4 Å². The van der Waals surface area contributed by atoms with Crippen LogP contribution in [0.3, 0.4) is 0 Å². The molecule has 0 aromatic carbocycles. The minimum Gasteiger partial charge on any atom is -0.481 e. The van der Waals surface area contributed by atoms with Crippen molar-refractivity contribution in [3.8, 4) is 0 Å². The van der Waals surface area contributed by atoms with Crippen LogP contribution in [0.15, 0.2) is 0 Å². The maximum absolute atomic E-state index is 13.1.